The molecule has 2 fully saturated rings. The number of amides is 2. The Hall–Kier alpha value is -2.17. The first-order valence-electron chi connectivity index (χ1n) is 11.3. The summed E-state index contributed by atoms with van der Waals surface area (Å²) in [6.45, 7) is 0.757. The number of nitrogens with zero attached hydrogens (tertiary/aromatic N) is 1. The lowest BCUT2D eigenvalue weighted by Crippen LogP contribution is -2.47. The average molecular weight is 397 g/mol. The summed E-state index contributed by atoms with van der Waals surface area (Å²) < 4.78 is 0. The van der Waals surface area contributed by atoms with E-state index in [9.17, 15) is 14.4 Å². The van der Waals surface area contributed by atoms with E-state index in [1.54, 1.807) is 0 Å². The maximum Gasteiger partial charge on any atom is 0.227 e. The Labute approximate surface area is 173 Å². The van der Waals surface area contributed by atoms with Gasteiger partial charge in [-0.2, -0.15) is 0 Å². The average Bonchev–Trinajstić information content (AvgIpc) is 2.98. The van der Waals surface area contributed by atoms with E-state index in [0.717, 1.165) is 62.7 Å². The van der Waals surface area contributed by atoms with Crippen molar-refractivity contribution < 1.29 is 14.4 Å². The van der Waals surface area contributed by atoms with Gasteiger partial charge in [-0.25, -0.2) is 0 Å². The molecule has 5 nitrogen and oxygen atoms in total. The zero-order valence-corrected chi connectivity index (χ0v) is 17.2. The molecule has 2 heterocycles. The number of anilines is 1. The Balaban J connectivity index is 1.41. The Morgan fingerprint density at radius 2 is 1.86 bits per heavy atom. The largest absolute Gasteiger partial charge is 0.339 e. The first kappa shape index (κ1) is 20.1. The van der Waals surface area contributed by atoms with Crippen LogP contribution in [0.15, 0.2) is 24.3 Å². The Bertz CT molecular complexity index is 775. The fourth-order valence-electron chi connectivity index (χ4n) is 5.37. The van der Waals surface area contributed by atoms with E-state index in [0.29, 0.717) is 31.5 Å². The normalized spacial score (nSPS) is 27.7. The summed E-state index contributed by atoms with van der Waals surface area (Å²) in [5.41, 5.74) is 2.04. The van der Waals surface area contributed by atoms with E-state index in [1.807, 2.05) is 29.2 Å². The fourth-order valence-corrected chi connectivity index (χ4v) is 5.37. The summed E-state index contributed by atoms with van der Waals surface area (Å²) in [6.07, 6.45) is 9.52. The van der Waals surface area contributed by atoms with Gasteiger partial charge in [0.25, 0.3) is 0 Å². The monoisotopic (exact) mass is 396 g/mol. The molecule has 1 aromatic carbocycles. The van der Waals surface area contributed by atoms with E-state index in [-0.39, 0.29) is 29.7 Å². The molecule has 0 radical (unpaired) electrons. The van der Waals surface area contributed by atoms with Gasteiger partial charge in [-0.1, -0.05) is 37.5 Å². The predicted octanol–water partition coefficient (Wildman–Crippen LogP) is 4.11. The number of benzene rings is 1. The third kappa shape index (κ3) is 4.54. The first-order chi connectivity index (χ1) is 14.1. The molecule has 1 N–H and O–H groups in total. The zero-order valence-electron chi connectivity index (χ0n) is 17.2. The highest BCUT2D eigenvalue weighted by atomic mass is 16.2. The molecule has 0 unspecified atom stereocenters. The number of Topliss-reactive ketones (excluding diaryl/α,β-unsaturated/α-hetero) is 1. The standard InChI is InChI=1S/C24H32N2O3/c27-22-12-6-4-9-19(22)21-11-2-1-7-15-26(21)23(28)14-13-18-16-17-8-3-5-10-20(17)25-24(18)29/h3,5,8,10,18-19,21H,1-2,4,6-7,9,11-16H2,(H,25,29)/t18-,19+,21+/m0/s1. The van der Waals surface area contributed by atoms with Crippen LogP contribution in [0.4, 0.5) is 5.69 Å². The minimum absolute atomic E-state index is 0.0198. The number of nitrogens with one attached hydrogen (secondary N) is 1. The molecule has 29 heavy (non-hydrogen) atoms. The van der Waals surface area contributed by atoms with Gasteiger partial charge < -0.3 is 10.2 Å². The van der Waals surface area contributed by atoms with Crippen LogP contribution in [0.25, 0.3) is 0 Å². The summed E-state index contributed by atoms with van der Waals surface area (Å²) >= 11 is 0. The SMILES string of the molecule is O=C1Nc2ccccc2C[C@@H]1CCC(=O)N1CCCCC[C@@H]1[C@H]1CCCCC1=O. The molecule has 1 aliphatic carbocycles. The van der Waals surface area contributed by atoms with Crippen molar-refractivity contribution in [2.75, 3.05) is 11.9 Å². The molecule has 1 saturated carbocycles. The number of rotatable bonds is 4. The maximum absolute atomic E-state index is 13.2. The van der Waals surface area contributed by atoms with Gasteiger partial charge in [0.1, 0.15) is 5.78 Å². The van der Waals surface area contributed by atoms with Crippen LogP contribution in [0.3, 0.4) is 0 Å². The highest BCUT2D eigenvalue weighted by molar-refractivity contribution is 5.96. The first-order valence-corrected chi connectivity index (χ1v) is 11.3. The van der Waals surface area contributed by atoms with E-state index >= 15 is 0 Å². The molecule has 0 bridgehead atoms. The van der Waals surface area contributed by atoms with Gasteiger partial charge in [-0.15, -0.1) is 0 Å². The van der Waals surface area contributed by atoms with Gasteiger partial charge in [-0.3, -0.25) is 14.4 Å². The Morgan fingerprint density at radius 1 is 1.03 bits per heavy atom. The summed E-state index contributed by atoms with van der Waals surface area (Å²) in [6, 6.07) is 7.95. The second kappa shape index (κ2) is 9.10. The lowest BCUT2D eigenvalue weighted by molar-refractivity contribution is -0.138. The van der Waals surface area contributed by atoms with Gasteiger partial charge in [0.15, 0.2) is 0 Å². The van der Waals surface area contributed by atoms with E-state index < -0.39 is 0 Å². The second-order valence-electron chi connectivity index (χ2n) is 8.91. The van der Waals surface area contributed by atoms with E-state index in [2.05, 4.69) is 5.32 Å². The summed E-state index contributed by atoms with van der Waals surface area (Å²) in [5.74, 6) is 0.365. The molecule has 156 valence electrons. The van der Waals surface area contributed by atoms with Gasteiger partial charge in [0.2, 0.25) is 11.8 Å². The van der Waals surface area contributed by atoms with E-state index in [1.165, 1.54) is 0 Å². The molecular formula is C24H32N2O3. The molecule has 3 atom stereocenters. The number of carbonyl (C=O) groups excluding carboxylic acids is 3. The number of para-hydroxylation sites is 1. The van der Waals surface area contributed by atoms with Crippen molar-refractivity contribution in [3.05, 3.63) is 29.8 Å². The molecule has 1 aromatic rings. The minimum Gasteiger partial charge on any atom is -0.339 e. The van der Waals surface area contributed by atoms with Crippen molar-refractivity contribution >= 4 is 23.3 Å². The van der Waals surface area contributed by atoms with Crippen LogP contribution in [0, 0.1) is 11.8 Å². The van der Waals surface area contributed by atoms with Gasteiger partial charge >= 0.3 is 0 Å². The van der Waals surface area contributed by atoms with Crippen LogP contribution in [0.2, 0.25) is 0 Å². The number of hydrogen-bond donors (Lipinski definition) is 1. The summed E-state index contributed by atoms with van der Waals surface area (Å²) in [7, 11) is 0. The third-order valence-corrected chi connectivity index (χ3v) is 7.00. The molecule has 3 aliphatic rings. The van der Waals surface area contributed by atoms with Crippen LogP contribution in [-0.4, -0.2) is 35.1 Å². The lowest BCUT2D eigenvalue weighted by Gasteiger charge is -2.37. The molecule has 2 aliphatic heterocycles. The third-order valence-electron chi connectivity index (χ3n) is 7.00. The number of likely N-dealkylation sites (tertiary alicyclic amines) is 1. The molecule has 1 saturated heterocycles. The second-order valence-corrected chi connectivity index (χ2v) is 8.91. The highest BCUT2D eigenvalue weighted by Crippen LogP contribution is 2.33. The number of fused-ring (bicyclic) bond motifs is 1. The molecular weight excluding hydrogens is 364 g/mol. The summed E-state index contributed by atoms with van der Waals surface area (Å²) in [4.78, 5) is 40.2. The van der Waals surface area contributed by atoms with Gasteiger partial charge in [0.05, 0.1) is 0 Å². The van der Waals surface area contributed by atoms with E-state index in [4.69, 9.17) is 0 Å². The van der Waals surface area contributed by atoms with Crippen LogP contribution < -0.4 is 5.32 Å². The van der Waals surface area contributed by atoms with Crippen LogP contribution >= 0.6 is 0 Å². The fraction of sp³-hybridized carbons (Fsp3) is 0.625. The topological polar surface area (TPSA) is 66.5 Å². The number of carbonyl (C=O) groups is 3. The maximum atomic E-state index is 13.2. The quantitative estimate of drug-likeness (QED) is 0.833. The van der Waals surface area contributed by atoms with Crippen molar-refractivity contribution in [1.29, 1.82) is 0 Å². The summed E-state index contributed by atoms with van der Waals surface area (Å²) in [5, 5.41) is 2.98. The van der Waals surface area contributed by atoms with Crippen LogP contribution in [0.1, 0.15) is 69.8 Å². The van der Waals surface area contributed by atoms with Crippen molar-refractivity contribution in [3.63, 3.8) is 0 Å². The Morgan fingerprint density at radius 3 is 2.72 bits per heavy atom. The van der Waals surface area contributed by atoms with Crippen molar-refractivity contribution in [1.82, 2.24) is 4.90 Å². The van der Waals surface area contributed by atoms with Gasteiger partial charge in [-0.05, 0) is 50.2 Å². The van der Waals surface area contributed by atoms with Crippen molar-refractivity contribution in [3.8, 4) is 0 Å². The van der Waals surface area contributed by atoms with Crippen LogP contribution in [-0.2, 0) is 20.8 Å². The smallest absolute Gasteiger partial charge is 0.227 e. The molecule has 4 rings (SSSR count). The predicted molar refractivity (Wildman–Crippen MR) is 112 cm³/mol. The number of ketones is 1. The van der Waals surface area contributed by atoms with Gasteiger partial charge in [0, 0.05) is 43.0 Å². The zero-order chi connectivity index (χ0) is 20.2. The Kier molecular flexibility index (Phi) is 6.31. The van der Waals surface area contributed by atoms with Crippen molar-refractivity contribution in [2.45, 2.75) is 76.7 Å². The molecule has 0 aromatic heterocycles. The molecule has 5 heteroatoms. The van der Waals surface area contributed by atoms with Crippen LogP contribution in [0.5, 0.6) is 0 Å². The highest BCUT2D eigenvalue weighted by Gasteiger charge is 2.37. The molecule has 0 spiro atoms. The lowest BCUT2D eigenvalue weighted by atomic mass is 9.80. The molecule has 2 amide bonds. The van der Waals surface area contributed by atoms with Crippen molar-refractivity contribution in [2.24, 2.45) is 11.8 Å². The minimum atomic E-state index is -0.157. The number of hydrogen-bond acceptors (Lipinski definition) is 3.